The summed E-state index contributed by atoms with van der Waals surface area (Å²) < 4.78 is 9.33. The number of phenols is 1. The van der Waals surface area contributed by atoms with Gasteiger partial charge in [-0.25, -0.2) is 0 Å². The van der Waals surface area contributed by atoms with Crippen LogP contribution in [0.4, 0.5) is 0 Å². The highest BCUT2D eigenvalue weighted by Gasteiger charge is 2.20. The molecule has 0 aromatic heterocycles. The van der Waals surface area contributed by atoms with Crippen molar-refractivity contribution >= 4 is 7.60 Å². The third-order valence-electron chi connectivity index (χ3n) is 6.49. The van der Waals surface area contributed by atoms with Crippen molar-refractivity contribution in [1.82, 2.24) is 0 Å². The Bertz CT molecular complexity index is 695. The summed E-state index contributed by atoms with van der Waals surface area (Å²) in [6, 6.07) is 4.41. The molecule has 0 atom stereocenters. The molecule has 0 aliphatic heterocycles. The first-order valence-electron chi connectivity index (χ1n) is 14.2. The fourth-order valence-electron chi connectivity index (χ4n) is 4.45. The molecule has 0 saturated heterocycles. The van der Waals surface area contributed by atoms with Crippen LogP contribution in [0, 0.1) is 6.92 Å². The van der Waals surface area contributed by atoms with E-state index < -0.39 is 7.60 Å². The Labute approximate surface area is 217 Å². The van der Waals surface area contributed by atoms with Gasteiger partial charge in [0.05, 0.1) is 0 Å². The minimum Gasteiger partial charge on any atom is -0.507 e. The molecule has 0 unspecified atom stereocenters. The van der Waals surface area contributed by atoms with Crippen LogP contribution in [0.1, 0.15) is 147 Å². The van der Waals surface area contributed by atoms with Crippen molar-refractivity contribution in [3.8, 4) is 5.75 Å². The smallest absolute Gasteiger partial charge is 0.322 e. The lowest BCUT2D eigenvalue weighted by atomic mass is 9.83. The van der Waals surface area contributed by atoms with E-state index in [0.717, 1.165) is 24.2 Å². The van der Waals surface area contributed by atoms with Crippen LogP contribution in [0.25, 0.3) is 0 Å². The fraction of sp³-hybridized carbons (Fsp3) is 0.800. The predicted octanol–water partition coefficient (Wildman–Crippen LogP) is 9.60. The summed E-state index contributed by atoms with van der Waals surface area (Å²) >= 11 is 0. The number of benzene rings is 1. The number of phenolic OH excluding ortho intramolecular Hbond substituents is 1. The predicted molar refractivity (Wildman–Crippen MR) is 153 cm³/mol. The standard InChI is InChI=1S/C29H52O.CH5O3P/c1-6-7-8-9-10-11-12-13-14-15-16-17-18-19-20-21-22-26-23-25(2)28(30)27(24-26)29(3,4)5;1-5(2,3)4/h23-24,30H,6-22H2,1-5H3;1H3,(H2,2,3,4). The first-order chi connectivity index (χ1) is 16.4. The van der Waals surface area contributed by atoms with Gasteiger partial charge >= 0.3 is 7.60 Å². The van der Waals surface area contributed by atoms with Crippen LogP contribution in [0.3, 0.4) is 0 Å². The average molecular weight is 513 g/mol. The Hall–Kier alpha value is -0.830. The molecular formula is C30H57O4P. The summed E-state index contributed by atoms with van der Waals surface area (Å²) in [6.45, 7) is 11.7. The number of rotatable bonds is 17. The van der Waals surface area contributed by atoms with Crippen molar-refractivity contribution in [1.29, 1.82) is 0 Å². The van der Waals surface area contributed by atoms with Gasteiger partial charge in [0, 0.05) is 6.66 Å². The van der Waals surface area contributed by atoms with Gasteiger partial charge in [-0.1, -0.05) is 136 Å². The lowest BCUT2D eigenvalue weighted by Crippen LogP contribution is -2.12. The van der Waals surface area contributed by atoms with Crippen molar-refractivity contribution in [2.75, 3.05) is 6.66 Å². The highest BCUT2D eigenvalue weighted by atomic mass is 31.2. The quantitative estimate of drug-likeness (QED) is 0.143. The zero-order valence-electron chi connectivity index (χ0n) is 23.9. The van der Waals surface area contributed by atoms with Crippen LogP contribution in [0.5, 0.6) is 5.75 Å². The van der Waals surface area contributed by atoms with E-state index in [2.05, 4.69) is 39.8 Å². The Morgan fingerprint density at radius 3 is 1.40 bits per heavy atom. The minimum atomic E-state index is -3.64. The molecule has 0 aliphatic carbocycles. The summed E-state index contributed by atoms with van der Waals surface area (Å²) in [5, 5.41) is 10.4. The van der Waals surface area contributed by atoms with E-state index in [-0.39, 0.29) is 5.41 Å². The van der Waals surface area contributed by atoms with Gasteiger partial charge in [-0.05, 0) is 41.9 Å². The van der Waals surface area contributed by atoms with Crippen molar-refractivity contribution in [2.24, 2.45) is 0 Å². The summed E-state index contributed by atoms with van der Waals surface area (Å²) in [5.41, 5.74) is 3.50. The molecule has 0 heterocycles. The molecule has 0 aliphatic rings. The van der Waals surface area contributed by atoms with Crippen LogP contribution in [0.2, 0.25) is 0 Å². The molecule has 1 aromatic carbocycles. The molecule has 35 heavy (non-hydrogen) atoms. The lowest BCUT2D eigenvalue weighted by molar-refractivity contribution is 0.381. The van der Waals surface area contributed by atoms with E-state index in [0.29, 0.717) is 5.75 Å². The maximum atomic E-state index is 10.4. The van der Waals surface area contributed by atoms with Gasteiger partial charge in [-0.2, -0.15) is 0 Å². The molecule has 4 nitrogen and oxygen atoms in total. The van der Waals surface area contributed by atoms with Crippen molar-refractivity contribution < 1.29 is 19.5 Å². The van der Waals surface area contributed by atoms with Gasteiger partial charge < -0.3 is 14.9 Å². The first-order valence-corrected chi connectivity index (χ1v) is 16.3. The van der Waals surface area contributed by atoms with Crippen LogP contribution < -0.4 is 0 Å². The molecular weight excluding hydrogens is 455 g/mol. The summed E-state index contributed by atoms with van der Waals surface area (Å²) in [4.78, 5) is 15.3. The second-order valence-electron chi connectivity index (χ2n) is 11.4. The van der Waals surface area contributed by atoms with Gasteiger partial charge in [0.1, 0.15) is 5.75 Å². The molecule has 0 saturated carbocycles. The van der Waals surface area contributed by atoms with Crippen LogP contribution in [-0.2, 0) is 16.4 Å². The molecule has 0 bridgehead atoms. The molecule has 0 spiro atoms. The monoisotopic (exact) mass is 512 g/mol. The van der Waals surface area contributed by atoms with E-state index in [1.54, 1.807) is 0 Å². The number of unbranched alkanes of at least 4 members (excludes halogenated alkanes) is 15. The minimum absolute atomic E-state index is 0.000509. The zero-order valence-corrected chi connectivity index (χ0v) is 24.8. The first kappa shape index (κ1) is 34.2. The fourth-order valence-corrected chi connectivity index (χ4v) is 4.45. The van der Waals surface area contributed by atoms with Gasteiger partial charge in [-0.15, -0.1) is 0 Å². The number of aryl methyl sites for hydroxylation is 2. The average Bonchev–Trinajstić information content (AvgIpc) is 2.73. The molecule has 0 fully saturated rings. The number of hydrogen-bond acceptors (Lipinski definition) is 2. The molecule has 206 valence electrons. The normalized spacial score (nSPS) is 11.9. The lowest BCUT2D eigenvalue weighted by Gasteiger charge is -2.22. The Morgan fingerprint density at radius 2 is 1.06 bits per heavy atom. The van der Waals surface area contributed by atoms with Crippen molar-refractivity contribution in [2.45, 2.75) is 149 Å². The van der Waals surface area contributed by atoms with E-state index in [4.69, 9.17) is 9.79 Å². The van der Waals surface area contributed by atoms with Gasteiger partial charge in [0.25, 0.3) is 0 Å². The molecule has 0 radical (unpaired) electrons. The third-order valence-corrected chi connectivity index (χ3v) is 6.49. The molecule has 5 heteroatoms. The molecule has 0 amide bonds. The number of hydrogen-bond donors (Lipinski definition) is 3. The SMILES string of the molecule is CCCCCCCCCCCCCCCCCCc1cc(C)c(O)c(C(C)(C)C)c1.CP(=O)(O)O. The molecule has 1 rings (SSSR count). The topological polar surface area (TPSA) is 77.8 Å². The summed E-state index contributed by atoms with van der Waals surface area (Å²) in [7, 11) is -3.64. The largest absolute Gasteiger partial charge is 0.507 e. The maximum absolute atomic E-state index is 10.4. The Kier molecular flexibility index (Phi) is 18.8. The number of aromatic hydroxyl groups is 1. The van der Waals surface area contributed by atoms with Gasteiger partial charge in [0.2, 0.25) is 0 Å². The Balaban J connectivity index is 0.00000209. The second kappa shape index (κ2) is 19.3. The van der Waals surface area contributed by atoms with Crippen molar-refractivity contribution in [3.05, 3.63) is 28.8 Å². The molecule has 1 aromatic rings. The van der Waals surface area contributed by atoms with Crippen LogP contribution >= 0.6 is 7.60 Å². The summed E-state index contributed by atoms with van der Waals surface area (Å²) in [5.74, 6) is 0.484. The maximum Gasteiger partial charge on any atom is 0.322 e. The Morgan fingerprint density at radius 1 is 0.714 bits per heavy atom. The van der Waals surface area contributed by atoms with Crippen LogP contribution in [0.15, 0.2) is 12.1 Å². The van der Waals surface area contributed by atoms with Gasteiger partial charge in [-0.3, -0.25) is 4.57 Å². The van der Waals surface area contributed by atoms with E-state index >= 15 is 0 Å². The highest BCUT2D eigenvalue weighted by molar-refractivity contribution is 7.50. The highest BCUT2D eigenvalue weighted by Crippen LogP contribution is 2.34. The van der Waals surface area contributed by atoms with Crippen LogP contribution in [-0.4, -0.2) is 21.6 Å². The summed E-state index contributed by atoms with van der Waals surface area (Å²) in [6.07, 6.45) is 23.8. The van der Waals surface area contributed by atoms with E-state index in [9.17, 15) is 9.67 Å². The van der Waals surface area contributed by atoms with E-state index in [1.165, 1.54) is 108 Å². The zero-order chi connectivity index (χ0) is 26.7. The van der Waals surface area contributed by atoms with E-state index in [1.807, 2.05) is 6.92 Å². The second-order valence-corrected chi connectivity index (χ2v) is 13.1. The van der Waals surface area contributed by atoms with Crippen molar-refractivity contribution in [3.63, 3.8) is 0 Å². The van der Waals surface area contributed by atoms with Gasteiger partial charge in [0.15, 0.2) is 0 Å². The molecule has 3 N–H and O–H groups in total. The third kappa shape index (κ3) is 21.0.